The van der Waals surface area contributed by atoms with Crippen molar-refractivity contribution in [3.63, 3.8) is 0 Å². The lowest BCUT2D eigenvalue weighted by molar-refractivity contribution is -0.150. The highest BCUT2D eigenvalue weighted by atomic mass is 19.1. The topological polar surface area (TPSA) is 89.9 Å². The van der Waals surface area contributed by atoms with Gasteiger partial charge in [0.15, 0.2) is 0 Å². The molecule has 3 N–H and O–H groups in total. The van der Waals surface area contributed by atoms with Crippen molar-refractivity contribution < 1.29 is 24.3 Å². The van der Waals surface area contributed by atoms with Gasteiger partial charge in [-0.25, -0.2) is 9.87 Å². The fourth-order valence-electron chi connectivity index (χ4n) is 3.15. The molecular formula is C19H25FN2O4. The summed E-state index contributed by atoms with van der Waals surface area (Å²) in [5.41, 5.74) is 3.35. The predicted molar refractivity (Wildman–Crippen MR) is 94.5 cm³/mol. The minimum Gasteiger partial charge on any atom is -0.382 e. The maximum atomic E-state index is 13.0. The van der Waals surface area contributed by atoms with Crippen LogP contribution in [-0.4, -0.2) is 46.2 Å². The molecule has 0 radical (unpaired) electrons. The maximum absolute atomic E-state index is 13.0. The van der Waals surface area contributed by atoms with Crippen LogP contribution in [0.4, 0.5) is 4.39 Å². The molecule has 0 aromatic heterocycles. The fraction of sp³-hybridized carbons (Fsp3) is 0.474. The van der Waals surface area contributed by atoms with Crippen molar-refractivity contribution in [2.75, 3.05) is 13.1 Å². The van der Waals surface area contributed by atoms with Crippen LogP contribution in [0.15, 0.2) is 30.3 Å². The van der Waals surface area contributed by atoms with Gasteiger partial charge in [0.05, 0.1) is 5.92 Å². The van der Waals surface area contributed by atoms with E-state index in [2.05, 4.69) is 0 Å². The van der Waals surface area contributed by atoms with Crippen molar-refractivity contribution in [3.05, 3.63) is 41.7 Å². The zero-order valence-electron chi connectivity index (χ0n) is 15.0. The Morgan fingerprint density at radius 2 is 1.92 bits per heavy atom. The van der Waals surface area contributed by atoms with Crippen molar-refractivity contribution in [1.29, 1.82) is 0 Å². The van der Waals surface area contributed by atoms with Gasteiger partial charge in [0.1, 0.15) is 11.9 Å². The first kappa shape index (κ1) is 20.1. The number of aliphatic hydroxyl groups excluding tert-OH is 1. The van der Waals surface area contributed by atoms with E-state index >= 15 is 0 Å². The van der Waals surface area contributed by atoms with Gasteiger partial charge in [0, 0.05) is 13.1 Å². The van der Waals surface area contributed by atoms with E-state index in [9.17, 15) is 19.1 Å². The minimum atomic E-state index is -1.60. The molecule has 26 heavy (non-hydrogen) atoms. The average molecular weight is 364 g/mol. The Bertz CT molecular complexity index is 673. The van der Waals surface area contributed by atoms with Crippen molar-refractivity contribution in [2.45, 2.75) is 32.8 Å². The molecule has 0 spiro atoms. The molecular weight excluding hydrogens is 339 g/mol. The molecule has 0 saturated carbocycles. The molecule has 2 rings (SSSR count). The van der Waals surface area contributed by atoms with Gasteiger partial charge in [-0.15, -0.1) is 0 Å². The summed E-state index contributed by atoms with van der Waals surface area (Å²) in [4.78, 5) is 26.0. The number of hydrogen-bond donors (Lipinski definition) is 3. The molecule has 2 amide bonds. The molecule has 1 heterocycles. The molecule has 142 valence electrons. The SMILES string of the molecule is CC(C)C[C@H](C(=O)N1CC=C(c2ccc(F)cc2)CC1)[C@@H](O)C(=O)NO. The summed E-state index contributed by atoms with van der Waals surface area (Å²) in [5, 5.41) is 18.9. The van der Waals surface area contributed by atoms with Gasteiger partial charge in [0.2, 0.25) is 5.91 Å². The molecule has 6 nitrogen and oxygen atoms in total. The van der Waals surface area contributed by atoms with Crippen LogP contribution in [0, 0.1) is 17.7 Å². The molecule has 1 aromatic carbocycles. The van der Waals surface area contributed by atoms with Gasteiger partial charge in [-0.05, 0) is 42.0 Å². The smallest absolute Gasteiger partial charge is 0.272 e. The van der Waals surface area contributed by atoms with E-state index in [1.54, 1.807) is 17.0 Å². The normalized spacial score (nSPS) is 16.8. The lowest BCUT2D eigenvalue weighted by Crippen LogP contribution is -2.48. The third-order valence-electron chi connectivity index (χ3n) is 4.54. The number of carbonyl (C=O) groups is 2. The largest absolute Gasteiger partial charge is 0.382 e. The molecule has 0 bridgehead atoms. The lowest BCUT2D eigenvalue weighted by atomic mass is 9.89. The highest BCUT2D eigenvalue weighted by Crippen LogP contribution is 2.25. The Balaban J connectivity index is 2.10. The number of amides is 2. The van der Waals surface area contributed by atoms with Crippen LogP contribution >= 0.6 is 0 Å². The summed E-state index contributed by atoms with van der Waals surface area (Å²) in [7, 11) is 0. The van der Waals surface area contributed by atoms with Gasteiger partial charge < -0.3 is 10.0 Å². The van der Waals surface area contributed by atoms with Gasteiger partial charge in [0.25, 0.3) is 5.91 Å². The van der Waals surface area contributed by atoms with Crippen molar-refractivity contribution in [2.24, 2.45) is 11.8 Å². The van der Waals surface area contributed by atoms with E-state index in [0.29, 0.717) is 25.9 Å². The van der Waals surface area contributed by atoms with Gasteiger partial charge in [-0.3, -0.25) is 14.8 Å². The second kappa shape index (κ2) is 8.91. The molecule has 0 unspecified atom stereocenters. The molecule has 1 aromatic rings. The molecule has 0 aliphatic carbocycles. The Morgan fingerprint density at radius 1 is 1.27 bits per heavy atom. The molecule has 1 aliphatic rings. The second-order valence-electron chi connectivity index (χ2n) is 6.93. The number of hydrogen-bond acceptors (Lipinski definition) is 4. The highest BCUT2D eigenvalue weighted by Gasteiger charge is 2.35. The first-order valence-corrected chi connectivity index (χ1v) is 8.69. The van der Waals surface area contributed by atoms with Crippen molar-refractivity contribution >= 4 is 17.4 Å². The Hall–Kier alpha value is -2.25. The number of aliphatic hydroxyl groups is 1. The number of carbonyl (C=O) groups excluding carboxylic acids is 2. The molecule has 0 saturated heterocycles. The van der Waals surface area contributed by atoms with E-state index < -0.39 is 17.9 Å². The third-order valence-corrected chi connectivity index (χ3v) is 4.54. The van der Waals surface area contributed by atoms with E-state index in [0.717, 1.165) is 11.1 Å². The zero-order valence-corrected chi connectivity index (χ0v) is 15.0. The van der Waals surface area contributed by atoms with Gasteiger partial charge in [-0.2, -0.15) is 0 Å². The standard InChI is InChI=1S/C19H25FN2O4/c1-12(2)11-16(17(23)18(24)21-26)19(25)22-9-7-14(8-10-22)13-3-5-15(20)6-4-13/h3-7,12,16-17,23,26H,8-11H2,1-2H3,(H,21,24)/t16-,17+/m0/s1. The van der Waals surface area contributed by atoms with E-state index in [-0.39, 0.29) is 17.6 Å². The second-order valence-corrected chi connectivity index (χ2v) is 6.93. The van der Waals surface area contributed by atoms with E-state index in [1.807, 2.05) is 19.9 Å². The van der Waals surface area contributed by atoms with Crippen LogP contribution < -0.4 is 5.48 Å². The molecule has 1 aliphatic heterocycles. The predicted octanol–water partition coefficient (Wildman–Crippen LogP) is 1.97. The van der Waals surface area contributed by atoms with Crippen LogP contribution in [0.5, 0.6) is 0 Å². The van der Waals surface area contributed by atoms with Crippen molar-refractivity contribution in [1.82, 2.24) is 10.4 Å². The lowest BCUT2D eigenvalue weighted by Gasteiger charge is -2.32. The van der Waals surface area contributed by atoms with Crippen LogP contribution in [0.1, 0.15) is 32.3 Å². The molecule has 0 fully saturated rings. The number of hydroxylamine groups is 1. The van der Waals surface area contributed by atoms with Crippen molar-refractivity contribution in [3.8, 4) is 0 Å². The van der Waals surface area contributed by atoms with Crippen LogP contribution in [0.2, 0.25) is 0 Å². The van der Waals surface area contributed by atoms with Gasteiger partial charge >= 0.3 is 0 Å². The number of halogens is 1. The van der Waals surface area contributed by atoms with E-state index in [1.165, 1.54) is 17.6 Å². The average Bonchev–Trinajstić information content (AvgIpc) is 2.65. The summed E-state index contributed by atoms with van der Waals surface area (Å²) >= 11 is 0. The summed E-state index contributed by atoms with van der Waals surface area (Å²) < 4.78 is 13.0. The monoisotopic (exact) mass is 364 g/mol. The van der Waals surface area contributed by atoms with Gasteiger partial charge in [-0.1, -0.05) is 32.1 Å². The first-order valence-electron chi connectivity index (χ1n) is 8.69. The first-order chi connectivity index (χ1) is 12.3. The Morgan fingerprint density at radius 3 is 2.42 bits per heavy atom. The summed E-state index contributed by atoms with van der Waals surface area (Å²) in [6, 6.07) is 6.21. The fourth-order valence-corrected chi connectivity index (χ4v) is 3.15. The zero-order chi connectivity index (χ0) is 19.3. The number of nitrogens with one attached hydrogen (secondary N) is 1. The summed E-state index contributed by atoms with van der Waals surface area (Å²) in [6.45, 7) is 4.59. The number of benzene rings is 1. The Kier molecular flexibility index (Phi) is 6.88. The summed E-state index contributed by atoms with van der Waals surface area (Å²) in [5.74, 6) is -2.41. The number of rotatable bonds is 6. The molecule has 7 heteroatoms. The quantitative estimate of drug-likeness (QED) is 0.532. The van der Waals surface area contributed by atoms with Crippen LogP contribution in [0.25, 0.3) is 5.57 Å². The third kappa shape index (κ3) is 4.89. The highest BCUT2D eigenvalue weighted by molar-refractivity contribution is 5.89. The number of nitrogens with zero attached hydrogens (tertiary/aromatic N) is 1. The maximum Gasteiger partial charge on any atom is 0.272 e. The molecule has 2 atom stereocenters. The van der Waals surface area contributed by atoms with Crippen LogP contribution in [0.3, 0.4) is 0 Å². The van der Waals surface area contributed by atoms with Crippen LogP contribution in [-0.2, 0) is 9.59 Å². The summed E-state index contributed by atoms with van der Waals surface area (Å²) in [6.07, 6.45) is 1.24. The van der Waals surface area contributed by atoms with E-state index in [4.69, 9.17) is 5.21 Å². The Labute approximate surface area is 152 Å². The minimum absolute atomic E-state index is 0.0974.